The lowest BCUT2D eigenvalue weighted by Gasteiger charge is -2.49. The molecule has 0 unspecified atom stereocenters. The van der Waals surface area contributed by atoms with Crippen LogP contribution in [0.15, 0.2) is 0 Å². The summed E-state index contributed by atoms with van der Waals surface area (Å²) in [5, 5.41) is -0.985. The van der Waals surface area contributed by atoms with E-state index in [1.54, 1.807) is 13.8 Å². The number of hydrogen-bond donors (Lipinski definition) is 0. The first kappa shape index (κ1) is 15.2. The van der Waals surface area contributed by atoms with Crippen LogP contribution < -0.4 is 9.79 Å². The molecular weight excluding hydrogens is 211 g/mol. The van der Waals surface area contributed by atoms with Gasteiger partial charge in [-0.05, 0) is 24.4 Å². The van der Waals surface area contributed by atoms with Crippen molar-refractivity contribution in [2.45, 2.75) is 70.9 Å². The highest BCUT2D eigenvalue weighted by Gasteiger charge is 2.29. The molecule has 0 N–H and O–H groups in total. The Morgan fingerprint density at radius 2 is 1.53 bits per heavy atom. The Kier molecular flexibility index (Phi) is 6.74. The van der Waals surface area contributed by atoms with Crippen LogP contribution in [0, 0.1) is 0 Å². The van der Waals surface area contributed by atoms with E-state index in [1.165, 1.54) is 0 Å². The Hall–Kier alpha value is 0.150. The number of hydrogen-bond acceptors (Lipinski definition) is 3. The van der Waals surface area contributed by atoms with Gasteiger partial charge in [-0.1, -0.05) is 54.1 Å². The van der Waals surface area contributed by atoms with Crippen LogP contribution in [-0.4, -0.2) is 5.16 Å². The van der Waals surface area contributed by atoms with Crippen molar-refractivity contribution in [1.29, 1.82) is 0 Å². The number of unbranched alkanes of at least 4 members (excludes halogenated alkanes) is 3. The summed E-state index contributed by atoms with van der Waals surface area (Å²) in [4.78, 5) is 22.5. The van der Waals surface area contributed by atoms with Crippen molar-refractivity contribution in [3.05, 3.63) is 0 Å². The average molecular weight is 234 g/mol. The molecule has 0 aromatic carbocycles. The third-order valence-corrected chi connectivity index (χ3v) is 5.41. The van der Waals surface area contributed by atoms with Crippen LogP contribution in [0.25, 0.3) is 0 Å². The minimum Gasteiger partial charge on any atom is -0.810 e. The molecule has 92 valence electrons. The molecule has 0 aliphatic carbocycles. The van der Waals surface area contributed by atoms with E-state index in [9.17, 15) is 14.4 Å². The molecule has 0 radical (unpaired) electrons. The van der Waals surface area contributed by atoms with E-state index in [1.807, 2.05) is 0 Å². The van der Waals surface area contributed by atoms with Crippen molar-refractivity contribution in [2.24, 2.45) is 0 Å². The van der Waals surface area contributed by atoms with E-state index in [4.69, 9.17) is 0 Å². The van der Waals surface area contributed by atoms with Gasteiger partial charge in [-0.15, -0.1) is 0 Å². The predicted octanol–water partition coefficient (Wildman–Crippen LogP) is 2.43. The Balaban J connectivity index is 4.33. The maximum absolute atomic E-state index is 11.3. The first-order chi connectivity index (χ1) is 6.93. The standard InChI is InChI=1S/C11H25O3P/c1-4-7-8-9-10-11(5-2,6-3)15(12,13)14/h4-10H2,1-3H3,(H2,12,13,14)/p-2. The molecule has 0 saturated heterocycles. The molecule has 0 saturated carbocycles. The third-order valence-electron chi connectivity index (χ3n) is 3.39. The lowest BCUT2D eigenvalue weighted by molar-refractivity contribution is -0.321. The molecule has 0 aromatic rings. The van der Waals surface area contributed by atoms with Crippen LogP contribution >= 0.6 is 7.60 Å². The molecule has 0 aromatic heterocycles. The summed E-state index contributed by atoms with van der Waals surface area (Å²) in [6.45, 7) is 5.70. The summed E-state index contributed by atoms with van der Waals surface area (Å²) in [5.74, 6) is 0. The van der Waals surface area contributed by atoms with E-state index in [0.717, 1.165) is 25.7 Å². The minimum atomic E-state index is -4.46. The quantitative estimate of drug-likeness (QED) is 0.478. The van der Waals surface area contributed by atoms with Crippen molar-refractivity contribution in [2.75, 3.05) is 0 Å². The summed E-state index contributed by atoms with van der Waals surface area (Å²) in [6, 6.07) is 0. The molecule has 0 amide bonds. The Labute approximate surface area is 93.4 Å². The topological polar surface area (TPSA) is 63.2 Å². The highest BCUT2D eigenvalue weighted by atomic mass is 31.2. The second kappa shape index (κ2) is 6.67. The van der Waals surface area contributed by atoms with Crippen molar-refractivity contribution < 1.29 is 14.4 Å². The molecule has 0 spiro atoms. The Morgan fingerprint density at radius 1 is 1.00 bits per heavy atom. The SMILES string of the molecule is CCCCCCC(CC)(CC)P(=O)([O-])[O-]. The number of rotatable bonds is 8. The largest absolute Gasteiger partial charge is 0.810 e. The maximum Gasteiger partial charge on any atom is -0.00248 e. The van der Waals surface area contributed by atoms with Gasteiger partial charge in [-0.2, -0.15) is 0 Å². The van der Waals surface area contributed by atoms with E-state index in [0.29, 0.717) is 19.3 Å². The second-order valence-electron chi connectivity index (χ2n) is 4.24. The third kappa shape index (κ3) is 4.26. The van der Waals surface area contributed by atoms with Crippen LogP contribution in [-0.2, 0) is 4.57 Å². The van der Waals surface area contributed by atoms with Gasteiger partial charge in [0.1, 0.15) is 0 Å². The van der Waals surface area contributed by atoms with Gasteiger partial charge in [0, 0.05) is 0 Å². The Bertz CT molecular complexity index is 206. The summed E-state index contributed by atoms with van der Waals surface area (Å²) in [6.07, 6.45) is 5.54. The van der Waals surface area contributed by atoms with E-state index in [-0.39, 0.29) is 0 Å². The summed E-state index contributed by atoms with van der Waals surface area (Å²) in [5.41, 5.74) is 0. The molecule has 0 bridgehead atoms. The molecule has 15 heavy (non-hydrogen) atoms. The second-order valence-corrected chi connectivity index (χ2v) is 6.18. The van der Waals surface area contributed by atoms with Crippen molar-refractivity contribution >= 4 is 7.60 Å². The van der Waals surface area contributed by atoms with E-state index < -0.39 is 12.8 Å². The highest BCUT2D eigenvalue weighted by molar-refractivity contribution is 7.50. The van der Waals surface area contributed by atoms with Gasteiger partial charge in [0.25, 0.3) is 0 Å². The van der Waals surface area contributed by atoms with Gasteiger partial charge in [0.2, 0.25) is 0 Å². The molecule has 0 rings (SSSR count). The lowest BCUT2D eigenvalue weighted by Crippen LogP contribution is -2.38. The zero-order chi connectivity index (χ0) is 11.9. The fraction of sp³-hybridized carbons (Fsp3) is 1.00. The summed E-state index contributed by atoms with van der Waals surface area (Å²) in [7, 11) is -4.46. The summed E-state index contributed by atoms with van der Waals surface area (Å²) >= 11 is 0. The normalized spacial score (nSPS) is 13.1. The predicted molar refractivity (Wildman–Crippen MR) is 59.7 cm³/mol. The van der Waals surface area contributed by atoms with Gasteiger partial charge in [-0.25, -0.2) is 0 Å². The van der Waals surface area contributed by atoms with Crippen molar-refractivity contribution in [1.82, 2.24) is 0 Å². The lowest BCUT2D eigenvalue weighted by atomic mass is 9.94. The molecule has 0 atom stereocenters. The van der Waals surface area contributed by atoms with Crippen LogP contribution in [0.4, 0.5) is 0 Å². The van der Waals surface area contributed by atoms with Gasteiger partial charge >= 0.3 is 0 Å². The molecule has 3 nitrogen and oxygen atoms in total. The molecule has 0 aliphatic heterocycles. The zero-order valence-electron chi connectivity index (χ0n) is 10.1. The van der Waals surface area contributed by atoms with Gasteiger partial charge in [-0.3, -0.25) is 0 Å². The maximum atomic E-state index is 11.3. The van der Waals surface area contributed by atoms with Crippen LogP contribution in [0.2, 0.25) is 0 Å². The molecule has 0 aliphatic rings. The smallest absolute Gasteiger partial charge is 0.00248 e. The van der Waals surface area contributed by atoms with E-state index >= 15 is 0 Å². The monoisotopic (exact) mass is 234 g/mol. The van der Waals surface area contributed by atoms with Gasteiger partial charge in [0.15, 0.2) is 0 Å². The summed E-state index contributed by atoms with van der Waals surface area (Å²) < 4.78 is 11.3. The highest BCUT2D eigenvalue weighted by Crippen LogP contribution is 2.50. The fourth-order valence-corrected chi connectivity index (χ4v) is 3.22. The van der Waals surface area contributed by atoms with Crippen molar-refractivity contribution in [3.8, 4) is 0 Å². The van der Waals surface area contributed by atoms with Crippen molar-refractivity contribution in [3.63, 3.8) is 0 Å². The minimum absolute atomic E-state index is 0.444. The Morgan fingerprint density at radius 3 is 1.87 bits per heavy atom. The van der Waals surface area contributed by atoms with Crippen LogP contribution in [0.1, 0.15) is 65.7 Å². The molecule has 0 fully saturated rings. The molecular formula is C11H23O3P-2. The van der Waals surface area contributed by atoms with Gasteiger partial charge in [0.05, 0.1) is 0 Å². The molecule has 4 heteroatoms. The van der Waals surface area contributed by atoms with Crippen LogP contribution in [0.3, 0.4) is 0 Å². The zero-order valence-corrected chi connectivity index (χ0v) is 11.0. The van der Waals surface area contributed by atoms with E-state index in [2.05, 4.69) is 6.92 Å². The first-order valence-corrected chi connectivity index (χ1v) is 7.50. The average Bonchev–Trinajstić information content (AvgIpc) is 2.17. The fourth-order valence-electron chi connectivity index (χ4n) is 2.01. The first-order valence-electron chi connectivity index (χ1n) is 5.95. The van der Waals surface area contributed by atoms with Crippen LogP contribution in [0.5, 0.6) is 0 Å². The van der Waals surface area contributed by atoms with Gasteiger partial charge < -0.3 is 14.4 Å². The molecule has 0 heterocycles.